The molecule has 4 atom stereocenters. The van der Waals surface area contributed by atoms with Gasteiger partial charge in [0.15, 0.2) is 0 Å². The van der Waals surface area contributed by atoms with Gasteiger partial charge in [0, 0.05) is 201 Å². The predicted octanol–water partition coefficient (Wildman–Crippen LogP) is 35.8. The number of nitrogens with zero attached hydrogens (tertiary/aromatic N) is 14. The summed E-state index contributed by atoms with van der Waals surface area (Å²) in [6.07, 6.45) is 15.1. The minimum absolute atomic E-state index is 0.108. The van der Waals surface area contributed by atoms with Crippen molar-refractivity contribution in [3.63, 3.8) is 0 Å². The summed E-state index contributed by atoms with van der Waals surface area (Å²) in [5.74, 6) is 1.81. The van der Waals surface area contributed by atoms with E-state index in [2.05, 4.69) is 226 Å². The van der Waals surface area contributed by atoms with Crippen molar-refractivity contribution in [2.45, 2.75) is 231 Å². The maximum atomic E-state index is 6.71. The molecule has 13 heterocycles. The number of ether oxygens (including phenoxy) is 2. The summed E-state index contributed by atoms with van der Waals surface area (Å²) in [6.45, 7) is 41.0. The number of thiol groups is 1. The third kappa shape index (κ3) is 32.3. The van der Waals surface area contributed by atoms with E-state index in [0.717, 1.165) is 237 Å². The van der Waals surface area contributed by atoms with Gasteiger partial charge in [-0.15, -0.1) is 116 Å². The number of aromatic nitrogens is 12. The van der Waals surface area contributed by atoms with Crippen LogP contribution in [0.4, 0.5) is 11.6 Å². The average molecular weight is 2540 g/mol. The Morgan fingerprint density at radius 1 is 0.358 bits per heavy atom. The van der Waals surface area contributed by atoms with Crippen molar-refractivity contribution < 1.29 is 9.47 Å². The van der Waals surface area contributed by atoms with Gasteiger partial charge in [0.2, 0.25) is 0 Å². The fourth-order valence-corrected chi connectivity index (χ4v) is 29.8. The largest absolute Gasteiger partial charge is 0.376 e. The molecule has 2 spiro atoms. The van der Waals surface area contributed by atoms with Crippen LogP contribution in [-0.4, -0.2) is 138 Å². The molecule has 4 aliphatic heterocycles. The van der Waals surface area contributed by atoms with Crippen LogP contribution in [0, 0.1) is 55.9 Å². The molecule has 4 N–H and O–H groups in total. The second-order valence-electron chi connectivity index (χ2n) is 38.4. The molecule has 4 saturated heterocycles. The van der Waals surface area contributed by atoms with Crippen LogP contribution in [-0.2, 0) is 9.47 Å². The van der Waals surface area contributed by atoms with Gasteiger partial charge in [0.25, 0.3) is 0 Å². The lowest BCUT2D eigenvalue weighted by molar-refractivity contribution is 0.0973. The first-order valence-electron chi connectivity index (χ1n) is 47.2. The summed E-state index contributed by atoms with van der Waals surface area (Å²) in [6, 6.07) is 42.4. The quantitative estimate of drug-likeness (QED) is 0.0437. The van der Waals surface area contributed by atoms with Crippen molar-refractivity contribution in [1.82, 2.24) is 59.8 Å². The summed E-state index contributed by atoms with van der Waals surface area (Å²) >= 11 is 74.6. The summed E-state index contributed by atoms with van der Waals surface area (Å²) < 4.78 is 14.0. The Morgan fingerprint density at radius 2 is 0.615 bits per heavy atom. The summed E-state index contributed by atoms with van der Waals surface area (Å²) in [4.78, 5) is 65.8. The van der Waals surface area contributed by atoms with E-state index >= 15 is 0 Å². The van der Waals surface area contributed by atoms with Gasteiger partial charge in [-0.25, -0.2) is 59.8 Å². The Hall–Kier alpha value is -5.31. The molecule has 778 valence electrons. The number of rotatable bonds is 17. The fourth-order valence-electron chi connectivity index (χ4n) is 15.9. The van der Waals surface area contributed by atoms with Crippen LogP contribution in [0.25, 0.3) is 63.4 Å². The highest BCUT2D eigenvalue weighted by Crippen LogP contribution is 2.50. The van der Waals surface area contributed by atoms with Gasteiger partial charge >= 0.3 is 0 Å². The molecule has 0 saturated carbocycles. The fraction of sp³-hybridized carbons (Fsp3) is 0.333. The Kier molecular flexibility index (Phi) is 42.8. The molecule has 4 fully saturated rings. The van der Waals surface area contributed by atoms with Crippen molar-refractivity contribution in [1.29, 1.82) is 0 Å². The highest BCUT2D eigenvalue weighted by molar-refractivity contribution is 14.1. The molecule has 0 bridgehead atoms. The first-order valence-corrected chi connectivity index (χ1v) is 62.3. The molecule has 0 amide bonds. The van der Waals surface area contributed by atoms with Crippen LogP contribution >= 0.6 is 271 Å². The van der Waals surface area contributed by atoms with Crippen LogP contribution in [0.5, 0.6) is 0 Å². The first kappa shape index (κ1) is 118. The monoisotopic (exact) mass is 2530 g/mol. The van der Waals surface area contributed by atoms with Gasteiger partial charge < -0.3 is 30.7 Å². The second kappa shape index (κ2) is 53.6. The molecule has 9 aromatic heterocycles. The molecule has 4 aliphatic rings. The topological polar surface area (TPSA) is 232 Å². The van der Waals surface area contributed by atoms with Crippen molar-refractivity contribution in [3.05, 3.63) is 274 Å². The van der Waals surface area contributed by atoms with Crippen LogP contribution in [0.3, 0.4) is 0 Å². The van der Waals surface area contributed by atoms with Crippen LogP contribution in [0.15, 0.2) is 251 Å². The normalized spacial score (nSPS) is 16.2. The molecule has 20 rings (SSSR count). The summed E-state index contributed by atoms with van der Waals surface area (Å²) in [5.41, 5.74) is 25.1. The zero-order valence-electron chi connectivity index (χ0n) is 84.4. The van der Waals surface area contributed by atoms with Crippen molar-refractivity contribution in [2.75, 3.05) is 49.2 Å². The van der Waals surface area contributed by atoms with E-state index in [-0.39, 0.29) is 49.4 Å². The van der Waals surface area contributed by atoms with Gasteiger partial charge in [0.05, 0.1) is 97.8 Å². The number of piperidine rings is 2. The summed E-state index contributed by atoms with van der Waals surface area (Å²) in [5, 5.41) is 25.6. The third-order valence-electron chi connectivity index (χ3n) is 23.4. The van der Waals surface area contributed by atoms with E-state index < -0.39 is 0 Å². The molecule has 0 aliphatic carbocycles. The highest BCUT2D eigenvalue weighted by atomic mass is 127. The zero-order chi connectivity index (χ0) is 106. The second-order valence-corrected chi connectivity index (χ2v) is 57.4. The van der Waals surface area contributed by atoms with E-state index in [1.165, 1.54) is 40.2 Å². The van der Waals surface area contributed by atoms with Crippen LogP contribution < -0.4 is 21.3 Å². The van der Waals surface area contributed by atoms with Crippen LogP contribution in [0.2, 0.25) is 35.2 Å². The lowest BCUT2D eigenvalue weighted by Gasteiger charge is -2.41. The van der Waals surface area contributed by atoms with E-state index in [1.54, 1.807) is 116 Å². The molecule has 7 aromatic carbocycles. The van der Waals surface area contributed by atoms with E-state index in [1.807, 2.05) is 197 Å². The van der Waals surface area contributed by atoms with Gasteiger partial charge in [-0.05, 0) is 168 Å². The van der Waals surface area contributed by atoms with Gasteiger partial charge in [-0.1, -0.05) is 258 Å². The number of anilines is 2. The lowest BCUT2D eigenvalue weighted by Crippen LogP contribution is -2.50. The van der Waals surface area contributed by atoms with Crippen LogP contribution in [0.1, 0.15) is 136 Å². The Balaban J connectivity index is 0.000000140. The number of thiazole rings is 6. The van der Waals surface area contributed by atoms with Crippen molar-refractivity contribution in [3.8, 4) is 63.4 Å². The molecular formula is C108H113BrCl7IN16O2S13. The molecular weight excluding hydrogens is 2430 g/mol. The van der Waals surface area contributed by atoms with Crippen molar-refractivity contribution in [2.24, 2.45) is 22.3 Å². The van der Waals surface area contributed by atoms with Gasteiger partial charge in [0.1, 0.15) is 61.4 Å². The standard InChI is InChI=1S/2C23H26ClN5OS2.C14H9BrClN3S2.2C14H16ClNS2.C10H12ClIS.C10H8ClNS2/c2*1-14-12-31-22(28-14)16-4-3-5-17(20(16)24)32-19-11-26-18(10-27-19)29-8-6-23(7-9-29)13-30-15(2)21(23)25;1-8-7-20-14(19-8)9-3-2-4-10(13(9)16)21-12-6-17-11(15)5-18-12;2*1-9-8-17-13(16-9)10-6-5-7-11(12(10)15)18-14(2,3)4;1-10(2,3)13-8-6-4-5-7(12)9(8)11;1-6-5-14-10(12-6)7-3-2-4-8(13)9(7)11/h2*3-5,10-12,15,21H,6-9,13,25H2,1-2H3;2-7H,1H3;2*5-8H,1-4H3;4-6H,1-3H3;2-5,13H,1H3/t2*15-,21+;;;;;/m00...../s1. The minimum atomic E-state index is 0.108. The number of thioether (sulfide) groups is 3. The number of halogens is 9. The molecule has 148 heavy (non-hydrogen) atoms. The third-order valence-corrected chi connectivity index (χ3v) is 41.5. The van der Waals surface area contributed by atoms with E-state index in [0.29, 0.717) is 24.7 Å². The maximum Gasteiger partial charge on any atom is 0.147 e. The van der Waals surface area contributed by atoms with E-state index in [4.69, 9.17) is 102 Å². The number of aryl methyl sites for hydroxylation is 6. The first-order chi connectivity index (χ1) is 70.3. The van der Waals surface area contributed by atoms with E-state index in [9.17, 15) is 0 Å². The summed E-state index contributed by atoms with van der Waals surface area (Å²) in [7, 11) is 0. The molecule has 0 unspecified atom stereocenters. The smallest absolute Gasteiger partial charge is 0.147 e. The molecule has 16 aromatic rings. The molecule has 40 heteroatoms. The Bertz CT molecular complexity index is 6870. The van der Waals surface area contributed by atoms with Gasteiger partial charge in [-0.3, -0.25) is 0 Å². The number of benzene rings is 7. The molecule has 0 radical (unpaired) electrons. The van der Waals surface area contributed by atoms with Gasteiger partial charge in [-0.2, -0.15) is 0 Å². The highest BCUT2D eigenvalue weighted by Gasteiger charge is 2.49. The minimum Gasteiger partial charge on any atom is -0.376 e. The Morgan fingerprint density at radius 3 is 0.865 bits per heavy atom. The SMILES string of the molecule is CC(C)(C)Sc1cccc(I)c1Cl.Cc1csc(-c2cccc(S)c2Cl)n1.Cc1csc(-c2cccc(SC(C)(C)C)c2Cl)n1.Cc1csc(-c2cccc(SC(C)(C)C)c2Cl)n1.Cc1csc(-c2cccc(Sc3cnc(Br)cn3)c2Cl)n1.Cc1csc(-c2cccc(Sc3cnc(N4CCC5(CC4)CO[C@@H](C)[C@H]5N)cn3)c2Cl)n1.Cc1csc(-c2cccc(Sc3cnc(N4CCC5(CC4)CO[C@@H](C)[C@H]5N)cn3)c2Cl)n1. The zero-order valence-corrected chi connectivity index (χ0v) is 104. The maximum absolute atomic E-state index is 6.71. The average Bonchev–Trinajstić information content (AvgIpc) is 1.63. The number of hydrogen-bond acceptors (Lipinski definition) is 31. The number of hydrogen-bond donors (Lipinski definition) is 3. The molecule has 18 nitrogen and oxygen atoms in total. The predicted molar refractivity (Wildman–Crippen MR) is 653 cm³/mol. The number of nitrogens with two attached hydrogens (primary N) is 2. The van der Waals surface area contributed by atoms with Crippen molar-refractivity contribution >= 4 is 283 Å². The Labute approximate surface area is 980 Å². The lowest BCUT2D eigenvalue weighted by atomic mass is 9.73.